The minimum Gasteiger partial charge on any atom is -0.305 e. The maximum absolute atomic E-state index is 2.53. The molecule has 0 saturated heterocycles. The van der Waals surface area contributed by atoms with Crippen molar-refractivity contribution in [3.63, 3.8) is 0 Å². The summed E-state index contributed by atoms with van der Waals surface area (Å²) in [5.74, 6) is 1.14. The Bertz CT molecular complexity index is 3000. The van der Waals surface area contributed by atoms with Crippen molar-refractivity contribution in [2.45, 2.75) is 40.0 Å². The lowest BCUT2D eigenvalue weighted by Gasteiger charge is -2.22. The summed E-state index contributed by atoms with van der Waals surface area (Å²) < 4.78 is 9.96. The summed E-state index contributed by atoms with van der Waals surface area (Å²) in [6, 6.07) is 57.7. The molecule has 0 radical (unpaired) electrons. The third kappa shape index (κ3) is 4.51. The zero-order chi connectivity index (χ0) is 36.0. The van der Waals surface area contributed by atoms with E-state index < -0.39 is 0 Å². The number of benzene rings is 7. The van der Waals surface area contributed by atoms with E-state index in [1.807, 2.05) is 0 Å². The fraction of sp³-hybridized carbons (Fsp3) is 0.122. The monoisotopic (exact) mass is 685 g/mol. The molecule has 10 rings (SSSR count). The van der Waals surface area contributed by atoms with Crippen LogP contribution in [0.15, 0.2) is 158 Å². The molecule has 0 spiro atoms. The number of nitrogens with zero attached hydrogens (tertiary/aromatic N) is 4. The smallest absolute Gasteiger partial charge is 0.264 e. The highest BCUT2D eigenvalue weighted by atomic mass is 15.2. The van der Waals surface area contributed by atoms with E-state index in [4.69, 9.17) is 0 Å². The van der Waals surface area contributed by atoms with E-state index in [0.29, 0.717) is 0 Å². The van der Waals surface area contributed by atoms with Crippen LogP contribution in [-0.4, -0.2) is 13.7 Å². The lowest BCUT2D eigenvalue weighted by atomic mass is 9.83. The maximum atomic E-state index is 2.53. The second-order valence-corrected chi connectivity index (χ2v) is 15.3. The Balaban J connectivity index is 1.44. The van der Waals surface area contributed by atoms with Gasteiger partial charge in [0.05, 0.1) is 22.2 Å². The molecular formula is C49H41N4+. The first kappa shape index (κ1) is 31.4. The SMILES string of the molecule is Cc1c(-n2c(C)[n+](-c3c(-n4c5ccccc5c5ccccc54)ccc4c5ccccc5n(-c5ccccc5)c34)c3ccccc32)cccc1C(C)(C)C. The van der Waals surface area contributed by atoms with Crippen molar-refractivity contribution in [2.75, 3.05) is 0 Å². The molecule has 0 unspecified atom stereocenters. The highest BCUT2D eigenvalue weighted by Gasteiger charge is 2.33. The first-order valence-electron chi connectivity index (χ1n) is 18.6. The van der Waals surface area contributed by atoms with Gasteiger partial charge in [0.15, 0.2) is 16.7 Å². The molecule has 0 aliphatic rings. The summed E-state index contributed by atoms with van der Waals surface area (Å²) in [5, 5.41) is 4.95. The van der Waals surface area contributed by atoms with E-state index in [0.717, 1.165) is 28.4 Å². The fourth-order valence-corrected chi connectivity index (χ4v) is 9.01. The fourth-order valence-electron chi connectivity index (χ4n) is 9.01. The van der Waals surface area contributed by atoms with E-state index in [2.05, 4.69) is 211 Å². The molecule has 0 saturated carbocycles. The summed E-state index contributed by atoms with van der Waals surface area (Å²) >= 11 is 0. The first-order chi connectivity index (χ1) is 25.8. The molecule has 4 heteroatoms. The van der Waals surface area contributed by atoms with E-state index in [-0.39, 0.29) is 5.41 Å². The van der Waals surface area contributed by atoms with Gasteiger partial charge in [0.25, 0.3) is 5.82 Å². The Morgan fingerprint density at radius 1 is 0.434 bits per heavy atom. The van der Waals surface area contributed by atoms with Crippen LogP contribution < -0.4 is 4.57 Å². The predicted octanol–water partition coefficient (Wildman–Crippen LogP) is 12.0. The van der Waals surface area contributed by atoms with Crippen LogP contribution in [0.5, 0.6) is 0 Å². The molecule has 0 atom stereocenters. The molecule has 0 aliphatic carbocycles. The molecule has 0 N–H and O–H groups in total. The lowest BCUT2D eigenvalue weighted by Crippen LogP contribution is -2.36. The Kier molecular flexibility index (Phi) is 6.84. The standard InChI is InChI=1S/C49H41N4/c1-32-39(49(3,4)5)23-17-29-40(32)50-33(2)51(45-28-16-15-27-44(45)50)48-46(53-42-25-13-9-20-35(42)36-21-10-14-26-43(36)53)31-30-38-37-22-11-12-24-41(37)52(47(38)48)34-18-7-6-8-19-34/h6-31H,1-5H3/q+1. The van der Waals surface area contributed by atoms with Gasteiger partial charge in [-0.05, 0) is 84.1 Å². The van der Waals surface area contributed by atoms with Gasteiger partial charge in [-0.1, -0.05) is 118 Å². The summed E-state index contributed by atoms with van der Waals surface area (Å²) in [7, 11) is 0. The molecule has 3 heterocycles. The van der Waals surface area contributed by atoms with Crippen LogP contribution in [0.4, 0.5) is 0 Å². The topological polar surface area (TPSA) is 18.7 Å². The van der Waals surface area contributed by atoms with Gasteiger partial charge in [-0.3, -0.25) is 0 Å². The van der Waals surface area contributed by atoms with Crippen LogP contribution in [0.3, 0.4) is 0 Å². The van der Waals surface area contributed by atoms with Gasteiger partial charge in [-0.25, -0.2) is 0 Å². The number of rotatable bonds is 4. The Morgan fingerprint density at radius 2 is 0.981 bits per heavy atom. The van der Waals surface area contributed by atoms with Gasteiger partial charge in [0, 0.05) is 34.2 Å². The lowest BCUT2D eigenvalue weighted by molar-refractivity contribution is -0.573. The second-order valence-electron chi connectivity index (χ2n) is 15.3. The van der Waals surface area contributed by atoms with Gasteiger partial charge >= 0.3 is 0 Å². The maximum Gasteiger partial charge on any atom is 0.264 e. The minimum atomic E-state index is 0.0127. The molecular weight excluding hydrogens is 645 g/mol. The number of para-hydroxylation sites is 6. The zero-order valence-corrected chi connectivity index (χ0v) is 30.8. The van der Waals surface area contributed by atoms with Crippen molar-refractivity contribution >= 4 is 54.6 Å². The summed E-state index contributed by atoms with van der Waals surface area (Å²) in [4.78, 5) is 0. The van der Waals surface area contributed by atoms with Crippen molar-refractivity contribution < 1.29 is 4.57 Å². The Morgan fingerprint density at radius 3 is 1.62 bits per heavy atom. The van der Waals surface area contributed by atoms with Gasteiger partial charge in [-0.2, -0.15) is 9.13 Å². The normalized spacial score (nSPS) is 12.2. The highest BCUT2D eigenvalue weighted by Crippen LogP contribution is 2.41. The van der Waals surface area contributed by atoms with Crippen LogP contribution in [0.2, 0.25) is 0 Å². The molecule has 53 heavy (non-hydrogen) atoms. The molecule has 0 aliphatic heterocycles. The predicted molar refractivity (Wildman–Crippen MR) is 222 cm³/mol. The van der Waals surface area contributed by atoms with E-state index in [1.165, 1.54) is 65.9 Å². The zero-order valence-electron chi connectivity index (χ0n) is 30.8. The second kappa shape index (κ2) is 11.6. The van der Waals surface area contributed by atoms with Gasteiger partial charge < -0.3 is 9.13 Å². The molecule has 3 aromatic heterocycles. The number of aromatic nitrogens is 4. The van der Waals surface area contributed by atoms with Crippen molar-refractivity contribution in [1.82, 2.24) is 13.7 Å². The molecule has 0 fully saturated rings. The largest absolute Gasteiger partial charge is 0.305 e. The molecule has 0 bridgehead atoms. The Hall–Kier alpha value is -6.39. The van der Waals surface area contributed by atoms with Crippen LogP contribution >= 0.6 is 0 Å². The average molecular weight is 686 g/mol. The van der Waals surface area contributed by atoms with Crippen LogP contribution in [0, 0.1) is 13.8 Å². The summed E-state index contributed by atoms with van der Waals surface area (Å²) in [6.07, 6.45) is 0. The Labute approximate surface area is 309 Å². The van der Waals surface area contributed by atoms with E-state index in [1.54, 1.807) is 0 Å². The van der Waals surface area contributed by atoms with E-state index in [9.17, 15) is 0 Å². The van der Waals surface area contributed by atoms with Crippen molar-refractivity contribution in [3.8, 4) is 22.7 Å². The molecule has 10 aromatic rings. The number of hydrogen-bond donors (Lipinski definition) is 0. The number of imidazole rings is 1. The minimum absolute atomic E-state index is 0.0127. The van der Waals surface area contributed by atoms with Crippen LogP contribution in [0.25, 0.3) is 77.4 Å². The van der Waals surface area contributed by atoms with Gasteiger partial charge in [0.2, 0.25) is 0 Å². The van der Waals surface area contributed by atoms with Crippen molar-refractivity contribution in [2.24, 2.45) is 0 Å². The number of fused-ring (bicyclic) bond motifs is 7. The average Bonchev–Trinajstić information content (AvgIpc) is 3.79. The van der Waals surface area contributed by atoms with Gasteiger partial charge in [-0.15, -0.1) is 0 Å². The van der Waals surface area contributed by atoms with Crippen molar-refractivity contribution in [1.29, 1.82) is 0 Å². The summed E-state index contributed by atoms with van der Waals surface area (Å²) in [5.41, 5.74) is 14.4. The third-order valence-electron chi connectivity index (χ3n) is 11.2. The van der Waals surface area contributed by atoms with Crippen molar-refractivity contribution in [3.05, 3.63) is 175 Å². The third-order valence-corrected chi connectivity index (χ3v) is 11.2. The van der Waals surface area contributed by atoms with Crippen LogP contribution in [-0.2, 0) is 5.41 Å². The molecule has 0 amide bonds. The molecule has 256 valence electrons. The van der Waals surface area contributed by atoms with Crippen LogP contribution in [0.1, 0.15) is 37.7 Å². The highest BCUT2D eigenvalue weighted by molar-refractivity contribution is 6.14. The molecule has 4 nitrogen and oxygen atoms in total. The number of hydrogen-bond acceptors (Lipinski definition) is 0. The van der Waals surface area contributed by atoms with Gasteiger partial charge in [0.1, 0.15) is 11.2 Å². The molecule has 7 aromatic carbocycles. The van der Waals surface area contributed by atoms with E-state index >= 15 is 0 Å². The summed E-state index contributed by atoms with van der Waals surface area (Å²) in [6.45, 7) is 11.5. The quantitative estimate of drug-likeness (QED) is 0.164. The first-order valence-corrected chi connectivity index (χ1v) is 18.6.